The van der Waals surface area contributed by atoms with Crippen LogP contribution in [0.15, 0.2) is 42.7 Å². The summed E-state index contributed by atoms with van der Waals surface area (Å²) in [5, 5.41) is 7.15. The second-order valence-corrected chi connectivity index (χ2v) is 6.96. The van der Waals surface area contributed by atoms with Crippen LogP contribution in [0.4, 0.5) is 5.69 Å². The Hall–Kier alpha value is -2.28. The van der Waals surface area contributed by atoms with Gasteiger partial charge in [-0.15, -0.1) is 0 Å². The van der Waals surface area contributed by atoms with Gasteiger partial charge in [0, 0.05) is 36.8 Å². The molecule has 2 amide bonds. The number of hydrogen-bond acceptors (Lipinski definition) is 4. The lowest BCUT2D eigenvalue weighted by atomic mass is 10.2. The highest BCUT2D eigenvalue weighted by atomic mass is 32.2. The van der Waals surface area contributed by atoms with Crippen molar-refractivity contribution in [2.75, 3.05) is 23.9 Å². The number of aromatic nitrogens is 2. The molecule has 1 N–H and O–H groups in total. The van der Waals surface area contributed by atoms with Crippen molar-refractivity contribution < 1.29 is 9.59 Å². The Labute approximate surface area is 151 Å². The van der Waals surface area contributed by atoms with E-state index in [1.165, 1.54) is 0 Å². The molecule has 25 heavy (non-hydrogen) atoms. The zero-order valence-corrected chi connectivity index (χ0v) is 15.0. The van der Waals surface area contributed by atoms with Gasteiger partial charge in [0.2, 0.25) is 11.8 Å². The molecule has 1 aliphatic rings. The Balaban J connectivity index is 1.67. The van der Waals surface area contributed by atoms with Gasteiger partial charge >= 0.3 is 0 Å². The van der Waals surface area contributed by atoms with Crippen LogP contribution in [0.5, 0.6) is 0 Å². The minimum absolute atomic E-state index is 0.0669. The van der Waals surface area contributed by atoms with E-state index in [4.69, 9.17) is 0 Å². The van der Waals surface area contributed by atoms with Crippen molar-refractivity contribution >= 4 is 29.3 Å². The lowest BCUT2D eigenvalue weighted by Gasteiger charge is -2.24. The van der Waals surface area contributed by atoms with Gasteiger partial charge in [-0.2, -0.15) is 16.9 Å². The smallest absolute Gasteiger partial charge is 0.247 e. The molecule has 1 aromatic heterocycles. The quantitative estimate of drug-likeness (QED) is 0.862. The summed E-state index contributed by atoms with van der Waals surface area (Å²) in [5.74, 6) is 0.736. The van der Waals surface area contributed by atoms with Crippen LogP contribution >= 0.6 is 11.8 Å². The normalized spacial score (nSPS) is 16.8. The predicted molar refractivity (Wildman–Crippen MR) is 99.9 cm³/mol. The van der Waals surface area contributed by atoms with Gasteiger partial charge in [-0.3, -0.25) is 9.59 Å². The minimum Gasteiger partial charge on any atom is -0.331 e. The van der Waals surface area contributed by atoms with E-state index in [1.807, 2.05) is 42.8 Å². The fraction of sp³-hybridized carbons (Fsp3) is 0.389. The maximum atomic E-state index is 12.7. The van der Waals surface area contributed by atoms with Crippen molar-refractivity contribution in [3.63, 3.8) is 0 Å². The minimum atomic E-state index is -0.372. The molecule has 0 unspecified atom stereocenters. The molecular weight excluding hydrogens is 336 g/mol. The zero-order chi connectivity index (χ0) is 17.6. The first-order valence-electron chi connectivity index (χ1n) is 8.38. The van der Waals surface area contributed by atoms with Gasteiger partial charge in [0.25, 0.3) is 0 Å². The Morgan fingerprint density at radius 1 is 1.36 bits per heavy atom. The first kappa shape index (κ1) is 17.5. The number of rotatable bonds is 6. The summed E-state index contributed by atoms with van der Waals surface area (Å²) in [5.41, 5.74) is 1.59. The zero-order valence-electron chi connectivity index (χ0n) is 14.2. The summed E-state index contributed by atoms with van der Waals surface area (Å²) < 4.78 is 1.74. The van der Waals surface area contributed by atoms with Gasteiger partial charge in [-0.05, 0) is 43.4 Å². The van der Waals surface area contributed by atoms with Crippen molar-refractivity contribution in [2.24, 2.45) is 0 Å². The second kappa shape index (κ2) is 8.20. The molecule has 0 bridgehead atoms. The van der Waals surface area contributed by atoms with Crippen LogP contribution in [0.2, 0.25) is 0 Å². The summed E-state index contributed by atoms with van der Waals surface area (Å²) >= 11 is 1.64. The third-order valence-electron chi connectivity index (χ3n) is 4.28. The molecular formula is C18H22N4O2S. The van der Waals surface area contributed by atoms with Crippen molar-refractivity contribution in [1.29, 1.82) is 0 Å². The standard InChI is InChI=1S/C18H22N4O2S/c1-25-12-8-17(23)21-10-3-7-16(21)18(24)20-14-5-2-6-15(13-14)22-11-4-9-19-22/h2,4-6,9,11,13,16H,3,7-8,10,12H2,1H3,(H,20,24)/t16-/m1/s1. The molecule has 2 heterocycles. The summed E-state index contributed by atoms with van der Waals surface area (Å²) in [6, 6.07) is 9.00. The van der Waals surface area contributed by atoms with E-state index in [9.17, 15) is 9.59 Å². The number of anilines is 1. The molecule has 6 nitrogen and oxygen atoms in total. The molecule has 7 heteroatoms. The summed E-state index contributed by atoms with van der Waals surface area (Å²) in [6.07, 6.45) is 7.62. The van der Waals surface area contributed by atoms with Gasteiger partial charge in [-0.1, -0.05) is 6.07 Å². The van der Waals surface area contributed by atoms with Crippen LogP contribution in [-0.4, -0.2) is 51.1 Å². The second-order valence-electron chi connectivity index (χ2n) is 5.98. The molecule has 1 saturated heterocycles. The van der Waals surface area contributed by atoms with Crippen molar-refractivity contribution in [1.82, 2.24) is 14.7 Å². The van der Waals surface area contributed by atoms with Crippen molar-refractivity contribution in [3.8, 4) is 5.69 Å². The number of amides is 2. The Morgan fingerprint density at radius 2 is 2.24 bits per heavy atom. The fourth-order valence-electron chi connectivity index (χ4n) is 3.04. The number of hydrogen-bond donors (Lipinski definition) is 1. The van der Waals surface area contributed by atoms with Gasteiger partial charge in [0.1, 0.15) is 6.04 Å². The van der Waals surface area contributed by atoms with E-state index < -0.39 is 0 Å². The Morgan fingerprint density at radius 3 is 3.00 bits per heavy atom. The third kappa shape index (κ3) is 4.22. The third-order valence-corrected chi connectivity index (χ3v) is 4.89. The maximum absolute atomic E-state index is 12.7. The van der Waals surface area contributed by atoms with Crippen LogP contribution in [0.1, 0.15) is 19.3 Å². The Bertz CT molecular complexity index is 732. The first-order chi connectivity index (χ1) is 12.2. The molecule has 2 aromatic rings. The summed E-state index contributed by atoms with van der Waals surface area (Å²) in [4.78, 5) is 26.7. The molecule has 3 rings (SSSR count). The van der Waals surface area contributed by atoms with E-state index in [1.54, 1.807) is 27.5 Å². The predicted octanol–water partition coefficient (Wildman–Crippen LogP) is 2.55. The van der Waals surface area contributed by atoms with E-state index in [0.29, 0.717) is 18.7 Å². The monoisotopic (exact) mass is 358 g/mol. The molecule has 0 aliphatic carbocycles. The molecule has 1 aliphatic heterocycles. The number of carbonyl (C=O) groups is 2. The van der Waals surface area contributed by atoms with E-state index >= 15 is 0 Å². The molecule has 0 spiro atoms. The van der Waals surface area contributed by atoms with Gasteiger partial charge in [-0.25, -0.2) is 4.68 Å². The summed E-state index contributed by atoms with van der Waals surface area (Å²) in [6.45, 7) is 0.665. The van der Waals surface area contributed by atoms with Crippen LogP contribution < -0.4 is 5.32 Å². The Kier molecular flexibility index (Phi) is 5.75. The molecule has 0 radical (unpaired) electrons. The highest BCUT2D eigenvalue weighted by molar-refractivity contribution is 7.98. The average Bonchev–Trinajstić information content (AvgIpc) is 3.31. The topological polar surface area (TPSA) is 67.2 Å². The van der Waals surface area contributed by atoms with Crippen LogP contribution in [0.25, 0.3) is 5.69 Å². The van der Waals surface area contributed by atoms with E-state index in [-0.39, 0.29) is 17.9 Å². The number of likely N-dealkylation sites (tertiary alicyclic amines) is 1. The highest BCUT2D eigenvalue weighted by Crippen LogP contribution is 2.21. The van der Waals surface area contributed by atoms with Gasteiger partial charge < -0.3 is 10.2 Å². The van der Waals surface area contributed by atoms with Crippen LogP contribution in [-0.2, 0) is 9.59 Å². The first-order valence-corrected chi connectivity index (χ1v) is 9.78. The number of nitrogens with zero attached hydrogens (tertiary/aromatic N) is 3. The van der Waals surface area contributed by atoms with E-state index in [0.717, 1.165) is 24.3 Å². The maximum Gasteiger partial charge on any atom is 0.247 e. The van der Waals surface area contributed by atoms with Crippen LogP contribution in [0, 0.1) is 0 Å². The number of nitrogens with one attached hydrogen (secondary N) is 1. The molecule has 1 atom stereocenters. The van der Waals surface area contributed by atoms with Gasteiger partial charge in [0.05, 0.1) is 5.69 Å². The number of carbonyl (C=O) groups excluding carboxylic acids is 2. The van der Waals surface area contributed by atoms with Crippen LogP contribution in [0.3, 0.4) is 0 Å². The molecule has 0 saturated carbocycles. The van der Waals surface area contributed by atoms with Crippen molar-refractivity contribution in [2.45, 2.75) is 25.3 Å². The molecule has 1 fully saturated rings. The molecule has 1 aromatic carbocycles. The lowest BCUT2D eigenvalue weighted by Crippen LogP contribution is -2.43. The SMILES string of the molecule is CSCCC(=O)N1CCC[C@@H]1C(=O)Nc1cccc(-n2cccn2)c1. The highest BCUT2D eigenvalue weighted by Gasteiger charge is 2.33. The fourth-order valence-corrected chi connectivity index (χ4v) is 3.42. The van der Waals surface area contributed by atoms with Crippen molar-refractivity contribution in [3.05, 3.63) is 42.7 Å². The van der Waals surface area contributed by atoms with Gasteiger partial charge in [0.15, 0.2) is 0 Å². The van der Waals surface area contributed by atoms with E-state index in [2.05, 4.69) is 10.4 Å². The average molecular weight is 358 g/mol. The lowest BCUT2D eigenvalue weighted by molar-refractivity contribution is -0.136. The largest absolute Gasteiger partial charge is 0.331 e. The number of thioether (sulfide) groups is 1. The summed E-state index contributed by atoms with van der Waals surface area (Å²) in [7, 11) is 0. The number of benzene rings is 1. The molecule has 132 valence electrons.